The van der Waals surface area contributed by atoms with Crippen molar-refractivity contribution in [3.63, 3.8) is 0 Å². The summed E-state index contributed by atoms with van der Waals surface area (Å²) in [4.78, 5) is 18.1. The molecule has 2 aliphatic heterocycles. The standard InChI is InChI=1S/C21H23N5O/c1-14-8-22-13-24-21(14)26-11-15-9-25(10-16(15)12-26)20-5-6-23-19-4-3-17(27-2)7-18(19)20/h3-8,13,15-16H,9-12H2,1-2H3. The van der Waals surface area contributed by atoms with Gasteiger partial charge in [-0.25, -0.2) is 9.97 Å². The summed E-state index contributed by atoms with van der Waals surface area (Å²) in [6.45, 7) is 6.35. The number of anilines is 2. The van der Waals surface area contributed by atoms with Crippen molar-refractivity contribution in [3.05, 3.63) is 48.5 Å². The van der Waals surface area contributed by atoms with Gasteiger partial charge in [0, 0.05) is 67.0 Å². The van der Waals surface area contributed by atoms with E-state index in [0.29, 0.717) is 11.8 Å². The van der Waals surface area contributed by atoms with E-state index in [9.17, 15) is 0 Å². The van der Waals surface area contributed by atoms with Gasteiger partial charge in [-0.15, -0.1) is 0 Å². The Kier molecular flexibility index (Phi) is 3.85. The highest BCUT2D eigenvalue weighted by atomic mass is 16.5. The molecule has 0 amide bonds. The molecule has 1 aromatic carbocycles. The summed E-state index contributed by atoms with van der Waals surface area (Å²) in [5, 5.41) is 1.17. The third-order valence-corrected chi connectivity index (χ3v) is 5.92. The fourth-order valence-electron chi connectivity index (χ4n) is 4.60. The zero-order valence-corrected chi connectivity index (χ0v) is 15.7. The molecule has 0 spiro atoms. The number of rotatable bonds is 3. The number of methoxy groups -OCH3 is 1. The first kappa shape index (κ1) is 16.3. The van der Waals surface area contributed by atoms with Crippen molar-refractivity contribution in [1.82, 2.24) is 15.0 Å². The van der Waals surface area contributed by atoms with Crippen molar-refractivity contribution in [1.29, 1.82) is 0 Å². The van der Waals surface area contributed by atoms with Crippen LogP contribution in [0, 0.1) is 18.8 Å². The van der Waals surface area contributed by atoms with Crippen molar-refractivity contribution in [3.8, 4) is 5.75 Å². The first-order chi connectivity index (χ1) is 13.2. The zero-order valence-electron chi connectivity index (χ0n) is 15.7. The minimum Gasteiger partial charge on any atom is -0.497 e. The van der Waals surface area contributed by atoms with Crippen LogP contribution in [0.5, 0.6) is 5.75 Å². The Morgan fingerprint density at radius 1 is 1.00 bits per heavy atom. The topological polar surface area (TPSA) is 54.4 Å². The molecule has 2 aromatic heterocycles. The molecule has 6 nitrogen and oxygen atoms in total. The van der Waals surface area contributed by atoms with E-state index in [0.717, 1.165) is 48.8 Å². The number of pyridine rings is 1. The Balaban J connectivity index is 1.39. The van der Waals surface area contributed by atoms with Crippen LogP contribution in [0.25, 0.3) is 10.9 Å². The lowest BCUT2D eigenvalue weighted by molar-refractivity contribution is 0.415. The summed E-state index contributed by atoms with van der Waals surface area (Å²) in [6.07, 6.45) is 5.47. The average Bonchev–Trinajstić information content (AvgIpc) is 3.26. The quantitative estimate of drug-likeness (QED) is 0.715. The van der Waals surface area contributed by atoms with Crippen LogP contribution in [-0.2, 0) is 0 Å². The molecule has 0 bridgehead atoms. The highest BCUT2D eigenvalue weighted by Crippen LogP contribution is 2.38. The summed E-state index contributed by atoms with van der Waals surface area (Å²) in [5.41, 5.74) is 3.43. The number of benzene rings is 1. The Bertz CT molecular complexity index is 977. The van der Waals surface area contributed by atoms with Gasteiger partial charge in [0.1, 0.15) is 17.9 Å². The Morgan fingerprint density at radius 2 is 1.78 bits per heavy atom. The molecular formula is C21H23N5O. The second kappa shape index (κ2) is 6.37. The summed E-state index contributed by atoms with van der Waals surface area (Å²) in [5.74, 6) is 3.29. The van der Waals surface area contributed by atoms with E-state index < -0.39 is 0 Å². The second-order valence-corrected chi connectivity index (χ2v) is 7.57. The van der Waals surface area contributed by atoms with E-state index in [1.807, 2.05) is 24.5 Å². The summed E-state index contributed by atoms with van der Waals surface area (Å²) in [6, 6.07) is 8.24. The lowest BCUT2D eigenvalue weighted by Crippen LogP contribution is -2.29. The number of hydrogen-bond donors (Lipinski definition) is 0. The van der Waals surface area contributed by atoms with Crippen LogP contribution in [0.3, 0.4) is 0 Å². The predicted octanol–water partition coefficient (Wildman–Crippen LogP) is 2.91. The van der Waals surface area contributed by atoms with Crippen molar-refractivity contribution < 1.29 is 4.74 Å². The van der Waals surface area contributed by atoms with Gasteiger partial charge in [-0.3, -0.25) is 4.98 Å². The van der Waals surface area contributed by atoms with Crippen LogP contribution in [0.2, 0.25) is 0 Å². The number of fused-ring (bicyclic) bond motifs is 2. The van der Waals surface area contributed by atoms with E-state index in [2.05, 4.69) is 43.8 Å². The molecule has 138 valence electrons. The molecule has 4 heterocycles. The molecule has 0 saturated carbocycles. The summed E-state index contributed by atoms with van der Waals surface area (Å²) < 4.78 is 5.42. The van der Waals surface area contributed by atoms with Gasteiger partial charge in [-0.1, -0.05) is 0 Å². The molecule has 0 N–H and O–H groups in total. The Morgan fingerprint density at radius 3 is 2.52 bits per heavy atom. The number of aromatic nitrogens is 3. The first-order valence-electron chi connectivity index (χ1n) is 9.42. The van der Waals surface area contributed by atoms with Crippen LogP contribution in [0.4, 0.5) is 11.5 Å². The molecule has 2 aliphatic rings. The molecule has 5 rings (SSSR count). The van der Waals surface area contributed by atoms with Crippen LogP contribution in [0.15, 0.2) is 43.0 Å². The predicted molar refractivity (Wildman–Crippen MR) is 106 cm³/mol. The minimum atomic E-state index is 0.660. The maximum Gasteiger partial charge on any atom is 0.134 e. The van der Waals surface area contributed by atoms with Crippen molar-refractivity contribution in [2.45, 2.75) is 6.92 Å². The monoisotopic (exact) mass is 361 g/mol. The first-order valence-corrected chi connectivity index (χ1v) is 9.42. The van der Waals surface area contributed by atoms with Crippen molar-refractivity contribution in [2.75, 3.05) is 43.1 Å². The minimum absolute atomic E-state index is 0.660. The molecule has 3 aromatic rings. The SMILES string of the molecule is COc1ccc2nccc(N3CC4CN(c5ncncc5C)CC4C3)c2c1. The molecule has 0 radical (unpaired) electrons. The zero-order chi connectivity index (χ0) is 18.4. The fourth-order valence-corrected chi connectivity index (χ4v) is 4.60. The molecule has 2 fully saturated rings. The van der Waals surface area contributed by atoms with Crippen molar-refractivity contribution >= 4 is 22.4 Å². The highest BCUT2D eigenvalue weighted by Gasteiger charge is 2.41. The molecular weight excluding hydrogens is 338 g/mol. The van der Waals surface area contributed by atoms with Gasteiger partial charge in [-0.05, 0) is 31.2 Å². The number of nitrogens with zero attached hydrogens (tertiary/aromatic N) is 5. The molecule has 6 heteroatoms. The molecule has 2 atom stereocenters. The van der Waals surface area contributed by atoms with Gasteiger partial charge in [0.05, 0.1) is 12.6 Å². The Hall–Kier alpha value is -2.89. The number of ether oxygens (including phenoxy) is 1. The number of aryl methyl sites for hydroxylation is 1. The lowest BCUT2D eigenvalue weighted by atomic mass is 10.0. The highest BCUT2D eigenvalue weighted by molar-refractivity contribution is 5.92. The van der Waals surface area contributed by atoms with Crippen LogP contribution in [0.1, 0.15) is 5.56 Å². The molecule has 0 aliphatic carbocycles. The van der Waals surface area contributed by atoms with Gasteiger partial charge < -0.3 is 14.5 Å². The smallest absolute Gasteiger partial charge is 0.134 e. The average molecular weight is 361 g/mol. The third kappa shape index (κ3) is 2.76. The second-order valence-electron chi connectivity index (χ2n) is 7.57. The largest absolute Gasteiger partial charge is 0.497 e. The molecule has 2 saturated heterocycles. The maximum absolute atomic E-state index is 5.42. The van der Waals surface area contributed by atoms with Crippen LogP contribution < -0.4 is 14.5 Å². The van der Waals surface area contributed by atoms with Crippen molar-refractivity contribution in [2.24, 2.45) is 11.8 Å². The van der Waals surface area contributed by atoms with Gasteiger partial charge in [-0.2, -0.15) is 0 Å². The van der Waals surface area contributed by atoms with Crippen LogP contribution >= 0.6 is 0 Å². The van der Waals surface area contributed by atoms with E-state index >= 15 is 0 Å². The van der Waals surface area contributed by atoms with E-state index in [4.69, 9.17) is 4.74 Å². The summed E-state index contributed by atoms with van der Waals surface area (Å²) in [7, 11) is 1.71. The van der Waals surface area contributed by atoms with Gasteiger partial charge in [0.25, 0.3) is 0 Å². The lowest BCUT2D eigenvalue weighted by Gasteiger charge is -2.25. The van der Waals surface area contributed by atoms with E-state index in [1.54, 1.807) is 13.4 Å². The fraction of sp³-hybridized carbons (Fsp3) is 0.381. The van der Waals surface area contributed by atoms with E-state index in [-0.39, 0.29) is 0 Å². The van der Waals surface area contributed by atoms with Gasteiger partial charge in [0.2, 0.25) is 0 Å². The summed E-state index contributed by atoms with van der Waals surface area (Å²) >= 11 is 0. The third-order valence-electron chi connectivity index (χ3n) is 5.92. The van der Waals surface area contributed by atoms with Gasteiger partial charge >= 0.3 is 0 Å². The van der Waals surface area contributed by atoms with Gasteiger partial charge in [0.15, 0.2) is 0 Å². The van der Waals surface area contributed by atoms with Crippen LogP contribution in [-0.4, -0.2) is 48.2 Å². The normalized spacial score (nSPS) is 21.7. The molecule has 2 unspecified atom stereocenters. The van der Waals surface area contributed by atoms with E-state index in [1.165, 1.54) is 11.1 Å². The molecule has 27 heavy (non-hydrogen) atoms. The maximum atomic E-state index is 5.42. The Labute approximate surface area is 158 Å². The number of hydrogen-bond acceptors (Lipinski definition) is 6.